The number of carboxylic acid groups (broad SMARTS) is 1. The number of aromatic carboxylic acids is 1. The van der Waals surface area contributed by atoms with Gasteiger partial charge < -0.3 is 9.67 Å². The molecule has 6 heteroatoms. The molecule has 0 aliphatic carbocycles. The summed E-state index contributed by atoms with van der Waals surface area (Å²) in [5, 5.41) is 10.0. The van der Waals surface area contributed by atoms with E-state index in [1.807, 2.05) is 24.3 Å². The number of hydrogen-bond acceptors (Lipinski definition) is 2. The number of benzene rings is 2. The predicted molar refractivity (Wildman–Crippen MR) is 109 cm³/mol. The van der Waals surface area contributed by atoms with Crippen LogP contribution in [0.25, 0.3) is 12.2 Å². The molecule has 0 spiro atoms. The van der Waals surface area contributed by atoms with Crippen LogP contribution in [0.3, 0.4) is 0 Å². The van der Waals surface area contributed by atoms with Crippen molar-refractivity contribution >= 4 is 41.3 Å². The molecule has 0 saturated carbocycles. The lowest BCUT2D eigenvalue weighted by atomic mass is 10.1. The third-order valence-electron chi connectivity index (χ3n) is 3.96. The molecule has 0 saturated heterocycles. The highest BCUT2D eigenvalue weighted by Crippen LogP contribution is 2.23. The quantitative estimate of drug-likeness (QED) is 0.651. The lowest BCUT2D eigenvalue weighted by Crippen LogP contribution is -2.19. The number of rotatable bonds is 5. The van der Waals surface area contributed by atoms with Crippen LogP contribution in [-0.4, -0.2) is 15.6 Å². The minimum atomic E-state index is -0.994. The molecule has 1 heterocycles. The Morgan fingerprint density at radius 2 is 1.70 bits per heavy atom. The maximum atomic E-state index is 12.3. The molecular formula is C21H15Cl2NO3. The molecular weight excluding hydrogens is 385 g/mol. The molecule has 3 rings (SSSR count). The van der Waals surface area contributed by atoms with Gasteiger partial charge >= 0.3 is 5.97 Å². The minimum absolute atomic E-state index is 0.174. The fraction of sp³-hybridized carbons (Fsp3) is 0.0476. The zero-order valence-electron chi connectivity index (χ0n) is 14.1. The van der Waals surface area contributed by atoms with Crippen LogP contribution < -0.4 is 5.56 Å². The second-order valence-corrected chi connectivity index (χ2v) is 6.75. The zero-order valence-corrected chi connectivity index (χ0v) is 15.6. The Kier molecular flexibility index (Phi) is 5.79. The first-order valence-corrected chi connectivity index (χ1v) is 8.84. The van der Waals surface area contributed by atoms with Crippen molar-refractivity contribution in [1.82, 2.24) is 4.57 Å². The molecule has 1 aromatic heterocycles. The maximum absolute atomic E-state index is 12.3. The van der Waals surface area contributed by atoms with Gasteiger partial charge in [0, 0.05) is 12.3 Å². The number of nitrogens with zero attached hydrogens (tertiary/aromatic N) is 1. The van der Waals surface area contributed by atoms with Crippen molar-refractivity contribution in [2.75, 3.05) is 0 Å². The summed E-state index contributed by atoms with van der Waals surface area (Å²) in [7, 11) is 0. The Morgan fingerprint density at radius 1 is 0.963 bits per heavy atom. The molecule has 3 aromatic rings. The lowest BCUT2D eigenvalue weighted by molar-refractivity contribution is 0.0696. The van der Waals surface area contributed by atoms with Crippen molar-refractivity contribution in [2.45, 2.75) is 6.54 Å². The average Bonchev–Trinajstić information content (AvgIpc) is 2.65. The van der Waals surface area contributed by atoms with E-state index >= 15 is 0 Å². The SMILES string of the molecule is O=C(O)c1cccc(Cn2ccc(/C=C/c3ccc(Cl)c(Cl)c3)cc2=O)c1. The molecule has 0 bridgehead atoms. The number of aromatic nitrogens is 1. The summed E-state index contributed by atoms with van der Waals surface area (Å²) in [5.41, 5.74) is 2.39. The highest BCUT2D eigenvalue weighted by Gasteiger charge is 2.05. The van der Waals surface area contributed by atoms with Gasteiger partial charge in [0.2, 0.25) is 0 Å². The van der Waals surface area contributed by atoms with Gasteiger partial charge in [0.25, 0.3) is 5.56 Å². The van der Waals surface area contributed by atoms with E-state index in [9.17, 15) is 9.59 Å². The topological polar surface area (TPSA) is 59.3 Å². The van der Waals surface area contributed by atoms with Gasteiger partial charge in [-0.25, -0.2) is 4.79 Å². The second kappa shape index (κ2) is 8.25. The van der Waals surface area contributed by atoms with Gasteiger partial charge in [0.15, 0.2) is 0 Å². The van der Waals surface area contributed by atoms with Crippen LogP contribution in [-0.2, 0) is 6.54 Å². The van der Waals surface area contributed by atoms with Gasteiger partial charge in [-0.05, 0) is 47.0 Å². The molecule has 0 aliphatic heterocycles. The van der Waals surface area contributed by atoms with Crippen LogP contribution >= 0.6 is 23.2 Å². The van der Waals surface area contributed by atoms with Gasteiger partial charge in [0.1, 0.15) is 0 Å². The van der Waals surface area contributed by atoms with E-state index in [1.165, 1.54) is 16.7 Å². The molecule has 0 atom stereocenters. The monoisotopic (exact) mass is 399 g/mol. The van der Waals surface area contributed by atoms with Crippen LogP contribution in [0.4, 0.5) is 0 Å². The van der Waals surface area contributed by atoms with Crippen molar-refractivity contribution in [3.05, 3.63) is 103 Å². The number of halogens is 2. The molecule has 27 heavy (non-hydrogen) atoms. The Morgan fingerprint density at radius 3 is 2.37 bits per heavy atom. The number of pyridine rings is 1. The standard InChI is InChI=1S/C21H15Cl2NO3/c22-18-7-6-14(11-19(18)23)4-5-15-8-9-24(20(25)12-15)13-16-2-1-3-17(10-16)21(26)27/h1-12H,13H2,(H,26,27)/b5-4+. The Balaban J connectivity index is 1.78. The second-order valence-electron chi connectivity index (χ2n) is 5.94. The van der Waals surface area contributed by atoms with E-state index in [-0.39, 0.29) is 11.1 Å². The summed E-state index contributed by atoms with van der Waals surface area (Å²) in [6.07, 6.45) is 5.35. The van der Waals surface area contributed by atoms with E-state index in [2.05, 4.69) is 0 Å². The van der Waals surface area contributed by atoms with Crippen LogP contribution in [0.15, 0.2) is 65.6 Å². The summed E-state index contributed by atoms with van der Waals surface area (Å²) in [6.45, 7) is 0.302. The van der Waals surface area contributed by atoms with Crippen LogP contribution in [0.2, 0.25) is 10.0 Å². The van der Waals surface area contributed by atoms with Crippen LogP contribution in [0, 0.1) is 0 Å². The lowest BCUT2D eigenvalue weighted by Gasteiger charge is -2.07. The van der Waals surface area contributed by atoms with E-state index in [0.717, 1.165) is 16.7 Å². The smallest absolute Gasteiger partial charge is 0.335 e. The van der Waals surface area contributed by atoms with Crippen molar-refractivity contribution < 1.29 is 9.90 Å². The van der Waals surface area contributed by atoms with E-state index in [4.69, 9.17) is 28.3 Å². The van der Waals surface area contributed by atoms with Gasteiger partial charge in [-0.15, -0.1) is 0 Å². The molecule has 0 unspecified atom stereocenters. The van der Waals surface area contributed by atoms with Gasteiger partial charge in [0.05, 0.1) is 22.2 Å². The van der Waals surface area contributed by atoms with E-state index < -0.39 is 5.97 Å². The third kappa shape index (κ3) is 4.88. The summed E-state index contributed by atoms with van der Waals surface area (Å²) < 4.78 is 1.53. The summed E-state index contributed by atoms with van der Waals surface area (Å²) in [5.74, 6) is -0.994. The fourth-order valence-electron chi connectivity index (χ4n) is 2.57. The first-order chi connectivity index (χ1) is 12.9. The van der Waals surface area contributed by atoms with Gasteiger partial charge in [-0.3, -0.25) is 4.79 Å². The zero-order chi connectivity index (χ0) is 19.4. The molecule has 1 N–H and O–H groups in total. The average molecular weight is 400 g/mol. The van der Waals surface area contributed by atoms with Crippen molar-refractivity contribution in [3.63, 3.8) is 0 Å². The summed E-state index contributed by atoms with van der Waals surface area (Å²) in [4.78, 5) is 23.4. The number of carboxylic acids is 1. The largest absolute Gasteiger partial charge is 0.478 e. The summed E-state index contributed by atoms with van der Waals surface area (Å²) in [6, 6.07) is 15.2. The van der Waals surface area contributed by atoms with Crippen molar-refractivity contribution in [3.8, 4) is 0 Å². The molecule has 4 nitrogen and oxygen atoms in total. The highest BCUT2D eigenvalue weighted by atomic mass is 35.5. The number of carbonyl (C=O) groups is 1. The molecule has 136 valence electrons. The Hall–Kier alpha value is -2.82. The highest BCUT2D eigenvalue weighted by molar-refractivity contribution is 6.42. The van der Waals surface area contributed by atoms with Crippen molar-refractivity contribution in [2.24, 2.45) is 0 Å². The normalized spacial score (nSPS) is 11.0. The predicted octanol–water partition coefficient (Wildman–Crippen LogP) is 5.07. The van der Waals surface area contributed by atoms with Crippen LogP contribution in [0.5, 0.6) is 0 Å². The third-order valence-corrected chi connectivity index (χ3v) is 4.70. The Labute approximate surface area is 165 Å². The molecule has 0 aliphatic rings. The van der Waals surface area contributed by atoms with E-state index in [0.29, 0.717) is 16.6 Å². The molecule has 0 fully saturated rings. The fourth-order valence-corrected chi connectivity index (χ4v) is 2.87. The molecule has 0 amide bonds. The van der Waals surface area contributed by atoms with Gasteiger partial charge in [-0.2, -0.15) is 0 Å². The van der Waals surface area contributed by atoms with E-state index in [1.54, 1.807) is 36.5 Å². The minimum Gasteiger partial charge on any atom is -0.478 e. The van der Waals surface area contributed by atoms with Crippen LogP contribution in [0.1, 0.15) is 27.0 Å². The number of hydrogen-bond donors (Lipinski definition) is 1. The maximum Gasteiger partial charge on any atom is 0.335 e. The molecule has 2 aromatic carbocycles. The molecule has 0 radical (unpaired) electrons. The van der Waals surface area contributed by atoms with Crippen molar-refractivity contribution in [1.29, 1.82) is 0 Å². The first kappa shape index (κ1) is 19.0. The first-order valence-electron chi connectivity index (χ1n) is 8.08. The summed E-state index contributed by atoms with van der Waals surface area (Å²) >= 11 is 11.9. The van der Waals surface area contributed by atoms with Gasteiger partial charge in [-0.1, -0.05) is 53.6 Å². The Bertz CT molecular complexity index is 1090.